The Morgan fingerprint density at radius 2 is 1.80 bits per heavy atom. The van der Waals surface area contributed by atoms with Crippen LogP contribution in [0.5, 0.6) is 0 Å². The second-order valence-electron chi connectivity index (χ2n) is 18.1. The maximum absolute atomic E-state index is 12.9. The minimum absolute atomic E-state index is 0. The van der Waals surface area contributed by atoms with E-state index < -0.39 is 18.0 Å². The largest absolute Gasteiger partial charge is 0.457 e. The topological polar surface area (TPSA) is 121 Å². The Kier molecular flexibility index (Phi) is 9.33. The highest BCUT2D eigenvalue weighted by atomic mass is 16.7. The number of hydrogen-bond donors (Lipinski definition) is 1. The smallest absolute Gasteiger partial charge is 0.303 e. The SMILES string of the molecule is CC.CC(=O)O[C@@H](C1CCC2C(CC3C4CCC5C(C)(C)[C@@H](OC6CN(C(=O)c7ccno7)CCO6)CCC56C[C@@]46CCC23C)O1)C(C)(C)O.[HH]. The van der Waals surface area contributed by atoms with Crippen molar-refractivity contribution in [3.8, 4) is 0 Å². The average molecular weight is 701 g/mol. The van der Waals surface area contributed by atoms with Crippen LogP contribution in [0.15, 0.2) is 16.8 Å². The number of rotatable bonds is 6. The molecule has 0 radical (unpaired) electrons. The molecule has 2 aliphatic heterocycles. The number of carbonyl (C=O) groups excluding carboxylic acids is 2. The molecule has 3 heterocycles. The van der Waals surface area contributed by atoms with Gasteiger partial charge in [0.2, 0.25) is 5.76 Å². The monoisotopic (exact) mass is 700 g/mol. The molecule has 1 N–H and O–H groups in total. The van der Waals surface area contributed by atoms with Crippen LogP contribution >= 0.6 is 0 Å². The molecule has 8 rings (SSSR count). The van der Waals surface area contributed by atoms with Crippen LogP contribution in [0, 0.1) is 45.3 Å². The molecule has 9 unspecified atom stereocenters. The fraction of sp³-hybridized carbons (Fsp3) is 0.875. The number of aliphatic hydroxyl groups is 1. The summed E-state index contributed by atoms with van der Waals surface area (Å²) in [4.78, 5) is 26.7. The molecule has 10 nitrogen and oxygen atoms in total. The molecule has 2 saturated heterocycles. The summed E-state index contributed by atoms with van der Waals surface area (Å²) in [7, 11) is 0. The second kappa shape index (κ2) is 12.8. The molecule has 7 aliphatic rings. The van der Waals surface area contributed by atoms with Crippen LogP contribution in [0.2, 0.25) is 0 Å². The summed E-state index contributed by atoms with van der Waals surface area (Å²) >= 11 is 0. The van der Waals surface area contributed by atoms with Crippen molar-refractivity contribution in [1.29, 1.82) is 0 Å². The lowest BCUT2D eigenvalue weighted by atomic mass is 9.46. The van der Waals surface area contributed by atoms with Crippen molar-refractivity contribution in [2.45, 2.75) is 156 Å². The molecule has 5 aliphatic carbocycles. The third-order valence-electron chi connectivity index (χ3n) is 15.2. The van der Waals surface area contributed by atoms with Gasteiger partial charge in [0.1, 0.15) is 0 Å². The van der Waals surface area contributed by atoms with Crippen LogP contribution < -0.4 is 0 Å². The third kappa shape index (κ3) is 5.59. The summed E-state index contributed by atoms with van der Waals surface area (Å²) in [5, 5.41) is 14.6. The van der Waals surface area contributed by atoms with Gasteiger partial charge in [-0.2, -0.15) is 0 Å². The molecule has 1 amide bonds. The summed E-state index contributed by atoms with van der Waals surface area (Å²) in [6.07, 6.45) is 12.0. The van der Waals surface area contributed by atoms with Gasteiger partial charge in [-0.1, -0.05) is 39.8 Å². The minimum Gasteiger partial charge on any atom is -0.457 e. The van der Waals surface area contributed by atoms with E-state index in [9.17, 15) is 14.7 Å². The van der Waals surface area contributed by atoms with Crippen molar-refractivity contribution in [1.82, 2.24) is 10.1 Å². The van der Waals surface area contributed by atoms with E-state index in [1.807, 2.05) is 13.8 Å². The number of hydrogen-bond acceptors (Lipinski definition) is 9. The van der Waals surface area contributed by atoms with E-state index in [1.54, 1.807) is 24.8 Å². The molecular weight excluding hydrogens is 636 g/mol. The number of carbonyl (C=O) groups is 2. The average Bonchev–Trinajstić information content (AvgIpc) is 3.32. The highest BCUT2D eigenvalue weighted by Crippen LogP contribution is 2.87. The highest BCUT2D eigenvalue weighted by Gasteiger charge is 2.80. The third-order valence-corrected chi connectivity index (χ3v) is 15.2. The zero-order chi connectivity index (χ0) is 35.9. The summed E-state index contributed by atoms with van der Waals surface area (Å²) in [5.41, 5.74) is -0.0624. The molecule has 0 aromatic carbocycles. The Hall–Kier alpha value is -2.01. The van der Waals surface area contributed by atoms with Crippen LogP contribution in [-0.4, -0.2) is 83.0 Å². The van der Waals surface area contributed by atoms with Gasteiger partial charge in [0.05, 0.1) is 43.3 Å². The van der Waals surface area contributed by atoms with E-state index >= 15 is 0 Å². The van der Waals surface area contributed by atoms with Gasteiger partial charge in [0.15, 0.2) is 12.4 Å². The fourth-order valence-corrected chi connectivity index (χ4v) is 13.1. The van der Waals surface area contributed by atoms with Gasteiger partial charge in [0.25, 0.3) is 5.91 Å². The van der Waals surface area contributed by atoms with E-state index in [0.29, 0.717) is 48.3 Å². The van der Waals surface area contributed by atoms with Crippen molar-refractivity contribution in [2.24, 2.45) is 45.3 Å². The first kappa shape index (κ1) is 36.4. The highest BCUT2D eigenvalue weighted by molar-refractivity contribution is 5.91. The molecule has 0 bridgehead atoms. The lowest BCUT2D eigenvalue weighted by molar-refractivity contribution is -0.241. The number of nitrogens with zero attached hydrogens (tertiary/aromatic N) is 2. The van der Waals surface area contributed by atoms with Crippen LogP contribution in [0.3, 0.4) is 0 Å². The first-order chi connectivity index (χ1) is 23.7. The van der Waals surface area contributed by atoms with Crippen LogP contribution in [0.1, 0.15) is 132 Å². The quantitative estimate of drug-likeness (QED) is 0.312. The molecule has 2 spiro atoms. The standard InChI is InChI=1S/C38H56N2O8.C2H6.H2/c1-22(41)45-32(35(4,5)43)26-9-7-24-28(46-26)19-25-23-8-10-29-34(2,3)30(11-13-38(29)21-37(23,38)15-14-36(24,25)6)47-31-20-40(17-18-44-31)33(42)27-12-16-39-48-27;1-2;/h12,16,23-26,28-32,43H,7-11,13-15,17-21H2,1-6H3;1-2H3;1H/t23?,24?,25?,26?,28?,29?,30-,31?,32-,36?,37-,38?;;/m0../s1. The molecule has 1 aromatic heterocycles. The van der Waals surface area contributed by atoms with Crippen molar-refractivity contribution in [2.75, 3.05) is 19.7 Å². The number of fused-ring (bicyclic) bond motifs is 4. The summed E-state index contributed by atoms with van der Waals surface area (Å²) in [5.74, 6) is 2.23. The molecule has 282 valence electrons. The predicted molar refractivity (Wildman–Crippen MR) is 188 cm³/mol. The molecule has 12 atom stereocenters. The van der Waals surface area contributed by atoms with Crippen LogP contribution in [0.4, 0.5) is 0 Å². The molecule has 7 fully saturated rings. The maximum atomic E-state index is 12.9. The van der Waals surface area contributed by atoms with E-state index in [4.69, 9.17) is 23.5 Å². The zero-order valence-corrected chi connectivity index (χ0v) is 31.7. The van der Waals surface area contributed by atoms with E-state index in [0.717, 1.165) is 31.6 Å². The maximum Gasteiger partial charge on any atom is 0.303 e. The second-order valence-corrected chi connectivity index (χ2v) is 18.1. The number of morpholine rings is 1. The van der Waals surface area contributed by atoms with Crippen LogP contribution in [0.25, 0.3) is 0 Å². The number of amides is 1. The minimum atomic E-state index is -1.16. The number of aromatic nitrogens is 1. The summed E-state index contributed by atoms with van der Waals surface area (Å²) in [6.45, 7) is 17.7. The fourth-order valence-electron chi connectivity index (χ4n) is 13.1. The summed E-state index contributed by atoms with van der Waals surface area (Å²) in [6, 6.07) is 1.61. The number of esters is 1. The zero-order valence-electron chi connectivity index (χ0n) is 31.7. The Balaban J connectivity index is 0.00000147. The summed E-state index contributed by atoms with van der Waals surface area (Å²) < 4.78 is 30.5. The molecule has 5 saturated carbocycles. The van der Waals surface area contributed by atoms with Crippen molar-refractivity contribution >= 4 is 11.9 Å². The Labute approximate surface area is 300 Å². The molecule has 1 aromatic rings. The van der Waals surface area contributed by atoms with E-state index in [1.165, 1.54) is 51.6 Å². The van der Waals surface area contributed by atoms with E-state index in [-0.39, 0.29) is 48.2 Å². The van der Waals surface area contributed by atoms with Crippen molar-refractivity contribution in [3.63, 3.8) is 0 Å². The first-order valence-corrected chi connectivity index (χ1v) is 19.7. The van der Waals surface area contributed by atoms with Crippen molar-refractivity contribution < 1.29 is 39.6 Å². The lowest BCUT2D eigenvalue weighted by Crippen LogP contribution is -2.56. The molecule has 50 heavy (non-hydrogen) atoms. The van der Waals surface area contributed by atoms with Crippen molar-refractivity contribution in [3.05, 3.63) is 18.0 Å². The Morgan fingerprint density at radius 1 is 1.04 bits per heavy atom. The Morgan fingerprint density at radius 3 is 2.50 bits per heavy atom. The molecular formula is C40H64N2O8. The van der Waals surface area contributed by atoms with Gasteiger partial charge in [-0.25, -0.2) is 0 Å². The van der Waals surface area contributed by atoms with Gasteiger partial charge in [-0.3, -0.25) is 9.59 Å². The predicted octanol–water partition coefficient (Wildman–Crippen LogP) is 7.04. The van der Waals surface area contributed by atoms with Gasteiger partial charge >= 0.3 is 5.97 Å². The lowest BCUT2D eigenvalue weighted by Gasteiger charge is -2.60. The van der Waals surface area contributed by atoms with Crippen LogP contribution in [-0.2, 0) is 23.7 Å². The number of ether oxygens (including phenoxy) is 4. The van der Waals surface area contributed by atoms with Gasteiger partial charge in [0, 0.05) is 21.0 Å². The van der Waals surface area contributed by atoms with Gasteiger partial charge in [-0.05, 0) is 123 Å². The van der Waals surface area contributed by atoms with Gasteiger partial charge < -0.3 is 33.5 Å². The van der Waals surface area contributed by atoms with E-state index in [2.05, 4.69) is 25.9 Å². The Bertz CT molecular complexity index is 1420. The molecule has 10 heteroatoms. The normalized spacial score (nSPS) is 43.4. The van der Waals surface area contributed by atoms with Gasteiger partial charge in [-0.15, -0.1) is 0 Å². The first-order valence-electron chi connectivity index (χ1n) is 19.7.